The van der Waals surface area contributed by atoms with Gasteiger partial charge in [0.15, 0.2) is 5.78 Å². The highest BCUT2D eigenvalue weighted by Gasteiger charge is 2.08. The Morgan fingerprint density at radius 2 is 2.57 bits per heavy atom. The summed E-state index contributed by atoms with van der Waals surface area (Å²) in [7, 11) is 0. The van der Waals surface area contributed by atoms with Gasteiger partial charge in [-0.1, -0.05) is 0 Å². The van der Waals surface area contributed by atoms with Crippen LogP contribution in [0.25, 0.3) is 0 Å². The molecule has 0 N–H and O–H groups in total. The SMILES string of the molecule is O=C1C=C(I)SC1. The third kappa shape index (κ3) is 1.45. The maximum atomic E-state index is 10.4. The lowest BCUT2D eigenvalue weighted by Gasteiger charge is -1.76. The number of ketones is 1. The summed E-state index contributed by atoms with van der Waals surface area (Å²) in [5, 5.41) is 0. The molecular weight excluding hydrogens is 223 g/mol. The van der Waals surface area contributed by atoms with Crippen molar-refractivity contribution in [3.8, 4) is 0 Å². The summed E-state index contributed by atoms with van der Waals surface area (Å²) in [6, 6.07) is 0. The smallest absolute Gasteiger partial charge is 0.167 e. The number of rotatable bonds is 0. The fourth-order valence-corrected chi connectivity index (χ4v) is 1.74. The van der Waals surface area contributed by atoms with Crippen molar-refractivity contribution in [1.82, 2.24) is 0 Å². The summed E-state index contributed by atoms with van der Waals surface area (Å²) in [4.78, 5) is 10.4. The van der Waals surface area contributed by atoms with E-state index in [0.29, 0.717) is 5.75 Å². The minimum Gasteiger partial charge on any atom is -0.294 e. The minimum absolute atomic E-state index is 0.245. The summed E-state index contributed by atoms with van der Waals surface area (Å²) >= 11 is 3.75. The first-order valence-corrected chi connectivity index (χ1v) is 3.88. The minimum atomic E-state index is 0.245. The maximum Gasteiger partial charge on any atom is 0.167 e. The Balaban J connectivity index is 2.67. The van der Waals surface area contributed by atoms with Gasteiger partial charge in [0.2, 0.25) is 0 Å². The van der Waals surface area contributed by atoms with Crippen LogP contribution < -0.4 is 0 Å². The lowest BCUT2D eigenvalue weighted by atomic mass is 10.5. The van der Waals surface area contributed by atoms with Crippen LogP contribution in [0.5, 0.6) is 0 Å². The van der Waals surface area contributed by atoms with Crippen molar-refractivity contribution in [3.63, 3.8) is 0 Å². The quantitative estimate of drug-likeness (QED) is 0.583. The van der Waals surface area contributed by atoms with Crippen molar-refractivity contribution in [2.24, 2.45) is 0 Å². The van der Waals surface area contributed by atoms with Crippen LogP contribution in [-0.4, -0.2) is 11.5 Å². The molecule has 0 saturated heterocycles. The van der Waals surface area contributed by atoms with E-state index in [4.69, 9.17) is 0 Å². The van der Waals surface area contributed by atoms with Gasteiger partial charge in [0.1, 0.15) is 0 Å². The molecule has 0 fully saturated rings. The molecule has 0 bridgehead atoms. The van der Waals surface area contributed by atoms with Gasteiger partial charge in [0, 0.05) is 8.99 Å². The van der Waals surface area contributed by atoms with E-state index in [-0.39, 0.29) is 5.78 Å². The third-order valence-corrected chi connectivity index (χ3v) is 2.69. The van der Waals surface area contributed by atoms with Crippen molar-refractivity contribution < 1.29 is 4.79 Å². The van der Waals surface area contributed by atoms with E-state index in [1.807, 2.05) is 0 Å². The Kier molecular flexibility index (Phi) is 1.74. The van der Waals surface area contributed by atoms with Crippen LogP contribution in [0.4, 0.5) is 0 Å². The number of carbonyl (C=O) groups is 1. The lowest BCUT2D eigenvalue weighted by molar-refractivity contribution is -0.112. The molecule has 0 radical (unpaired) electrons. The van der Waals surface area contributed by atoms with Crippen LogP contribution >= 0.6 is 34.4 Å². The van der Waals surface area contributed by atoms with Gasteiger partial charge in [0.05, 0.1) is 5.75 Å². The zero-order valence-electron chi connectivity index (χ0n) is 3.48. The average molecular weight is 226 g/mol. The second-order valence-corrected chi connectivity index (χ2v) is 4.11. The van der Waals surface area contributed by atoms with Crippen molar-refractivity contribution in [1.29, 1.82) is 0 Å². The van der Waals surface area contributed by atoms with Gasteiger partial charge in [-0.25, -0.2) is 0 Å². The highest BCUT2D eigenvalue weighted by molar-refractivity contribution is 14.1. The first-order chi connectivity index (χ1) is 3.29. The molecule has 1 heterocycles. The molecule has 7 heavy (non-hydrogen) atoms. The monoisotopic (exact) mass is 226 g/mol. The maximum absolute atomic E-state index is 10.4. The largest absolute Gasteiger partial charge is 0.294 e. The Hall–Kier alpha value is 0.490. The summed E-state index contributed by atoms with van der Waals surface area (Å²) < 4.78 is 1.11. The summed E-state index contributed by atoms with van der Waals surface area (Å²) in [5.74, 6) is 0.896. The van der Waals surface area contributed by atoms with E-state index in [1.54, 1.807) is 17.8 Å². The number of thioether (sulfide) groups is 1. The van der Waals surface area contributed by atoms with Crippen molar-refractivity contribution in [3.05, 3.63) is 8.99 Å². The first-order valence-electron chi connectivity index (χ1n) is 1.82. The second kappa shape index (κ2) is 2.17. The van der Waals surface area contributed by atoms with Crippen molar-refractivity contribution in [2.45, 2.75) is 0 Å². The van der Waals surface area contributed by atoms with Crippen molar-refractivity contribution in [2.75, 3.05) is 5.75 Å². The van der Waals surface area contributed by atoms with E-state index in [0.717, 1.165) is 2.91 Å². The van der Waals surface area contributed by atoms with Gasteiger partial charge in [-0.15, -0.1) is 11.8 Å². The van der Waals surface area contributed by atoms with Gasteiger partial charge in [-0.05, 0) is 22.6 Å². The average Bonchev–Trinajstić information content (AvgIpc) is 1.87. The molecule has 0 amide bonds. The van der Waals surface area contributed by atoms with E-state index in [2.05, 4.69) is 22.6 Å². The van der Waals surface area contributed by atoms with Gasteiger partial charge >= 0.3 is 0 Å². The van der Waals surface area contributed by atoms with Gasteiger partial charge < -0.3 is 0 Å². The molecular formula is C4H3IOS. The standard InChI is InChI=1S/C4H3IOS/c5-4-1-3(6)2-7-4/h1H,2H2. The number of carbonyl (C=O) groups excluding carboxylic acids is 1. The molecule has 0 aromatic carbocycles. The van der Waals surface area contributed by atoms with Gasteiger partial charge in [0.25, 0.3) is 0 Å². The number of hydrogen-bond donors (Lipinski definition) is 0. The van der Waals surface area contributed by atoms with E-state index in [1.165, 1.54) is 0 Å². The van der Waals surface area contributed by atoms with Crippen molar-refractivity contribution >= 4 is 40.1 Å². The van der Waals surface area contributed by atoms with Crippen LogP contribution in [-0.2, 0) is 4.79 Å². The molecule has 1 nitrogen and oxygen atoms in total. The molecule has 0 aliphatic carbocycles. The molecule has 0 aromatic rings. The zero-order chi connectivity index (χ0) is 5.28. The molecule has 1 rings (SSSR count). The topological polar surface area (TPSA) is 17.1 Å². The summed E-state index contributed by atoms with van der Waals surface area (Å²) in [6.45, 7) is 0. The lowest BCUT2D eigenvalue weighted by Crippen LogP contribution is -1.86. The normalized spacial score (nSPS) is 20.1. The summed E-state index contributed by atoms with van der Waals surface area (Å²) in [5.41, 5.74) is 0. The number of hydrogen-bond acceptors (Lipinski definition) is 2. The van der Waals surface area contributed by atoms with Crippen LogP contribution in [0, 0.1) is 0 Å². The molecule has 0 atom stereocenters. The molecule has 1 aliphatic rings. The Morgan fingerprint density at radius 3 is 2.71 bits per heavy atom. The number of allylic oxidation sites excluding steroid dienone is 1. The zero-order valence-corrected chi connectivity index (χ0v) is 6.45. The Bertz CT molecular complexity index is 130. The first kappa shape index (κ1) is 5.62. The van der Waals surface area contributed by atoms with E-state index in [9.17, 15) is 4.79 Å². The van der Waals surface area contributed by atoms with Crippen LogP contribution in [0.2, 0.25) is 0 Å². The number of halogens is 1. The molecule has 1 aliphatic heterocycles. The summed E-state index contributed by atoms with van der Waals surface area (Å²) in [6.07, 6.45) is 1.67. The molecule has 38 valence electrons. The molecule has 0 spiro atoms. The molecule has 0 unspecified atom stereocenters. The molecule has 0 aromatic heterocycles. The van der Waals surface area contributed by atoms with Gasteiger partial charge in [-0.2, -0.15) is 0 Å². The second-order valence-electron chi connectivity index (χ2n) is 1.20. The van der Waals surface area contributed by atoms with Crippen LogP contribution in [0.15, 0.2) is 8.99 Å². The fourth-order valence-electron chi connectivity index (χ4n) is 0.350. The van der Waals surface area contributed by atoms with E-state index < -0.39 is 0 Å². The third-order valence-electron chi connectivity index (χ3n) is 0.627. The Labute approximate surface area is 59.7 Å². The predicted octanol–water partition coefficient (Wildman–Crippen LogP) is 1.58. The van der Waals surface area contributed by atoms with Crippen LogP contribution in [0.1, 0.15) is 0 Å². The van der Waals surface area contributed by atoms with Crippen LogP contribution in [0.3, 0.4) is 0 Å². The molecule has 3 heteroatoms. The fraction of sp³-hybridized carbons (Fsp3) is 0.250. The highest BCUT2D eigenvalue weighted by atomic mass is 127. The van der Waals surface area contributed by atoms with E-state index >= 15 is 0 Å². The highest BCUT2D eigenvalue weighted by Crippen LogP contribution is 2.27. The Morgan fingerprint density at radius 1 is 1.86 bits per heavy atom. The predicted molar refractivity (Wildman–Crippen MR) is 39.6 cm³/mol. The van der Waals surface area contributed by atoms with Gasteiger partial charge in [-0.3, -0.25) is 4.79 Å². The molecule has 0 saturated carbocycles.